The molecule has 0 spiro atoms. The lowest BCUT2D eigenvalue weighted by Gasteiger charge is -2.16. The minimum Gasteiger partial charge on any atom is -0.366 e. The molecule has 2 aromatic heterocycles. The molecule has 3 heterocycles. The van der Waals surface area contributed by atoms with Gasteiger partial charge >= 0.3 is 0 Å². The SMILES string of the molecule is Nc1n[nH]c(-c2nc(C3CSCCS3)no2)n1. The fourth-order valence-electron chi connectivity index (χ4n) is 1.47. The number of H-pyrrole nitrogens is 1. The van der Waals surface area contributed by atoms with E-state index in [1.165, 1.54) is 5.75 Å². The normalized spacial score (nSPS) is 20.6. The van der Waals surface area contributed by atoms with E-state index in [4.69, 9.17) is 10.3 Å². The van der Waals surface area contributed by atoms with Gasteiger partial charge in [0, 0.05) is 17.3 Å². The van der Waals surface area contributed by atoms with Crippen LogP contribution in [0.25, 0.3) is 11.7 Å². The fraction of sp³-hybridized carbons (Fsp3) is 0.500. The molecule has 1 saturated heterocycles. The van der Waals surface area contributed by atoms with Crippen LogP contribution < -0.4 is 5.73 Å². The third kappa shape index (κ3) is 2.25. The van der Waals surface area contributed by atoms with Crippen LogP contribution in [0.5, 0.6) is 0 Å². The number of nitrogens with zero attached hydrogens (tertiary/aromatic N) is 4. The Kier molecular flexibility index (Phi) is 2.93. The number of nitrogen functional groups attached to an aromatic ring is 1. The van der Waals surface area contributed by atoms with Crippen molar-refractivity contribution >= 4 is 29.5 Å². The molecule has 1 unspecified atom stereocenters. The number of aromatic nitrogens is 5. The molecule has 0 radical (unpaired) electrons. The van der Waals surface area contributed by atoms with Gasteiger partial charge in [0.1, 0.15) is 0 Å². The first-order valence-electron chi connectivity index (χ1n) is 5.04. The van der Waals surface area contributed by atoms with E-state index in [9.17, 15) is 0 Å². The number of thioether (sulfide) groups is 2. The Hall–Kier alpha value is -1.22. The van der Waals surface area contributed by atoms with E-state index in [2.05, 4.69) is 25.3 Å². The second-order valence-electron chi connectivity index (χ2n) is 3.43. The predicted molar refractivity (Wildman–Crippen MR) is 66.6 cm³/mol. The van der Waals surface area contributed by atoms with Gasteiger partial charge in [-0.25, -0.2) is 0 Å². The first-order valence-corrected chi connectivity index (χ1v) is 7.24. The quantitative estimate of drug-likeness (QED) is 0.831. The molecule has 1 atom stereocenters. The molecule has 0 amide bonds. The second-order valence-corrected chi connectivity index (χ2v) is 5.89. The molecular formula is C8H10N6OS2. The fourth-order valence-corrected chi connectivity index (χ4v) is 4.06. The van der Waals surface area contributed by atoms with Crippen molar-refractivity contribution in [1.82, 2.24) is 25.3 Å². The molecule has 17 heavy (non-hydrogen) atoms. The summed E-state index contributed by atoms with van der Waals surface area (Å²) < 4.78 is 5.14. The zero-order chi connectivity index (χ0) is 11.7. The molecule has 1 fully saturated rings. The maximum absolute atomic E-state index is 5.41. The molecule has 9 heteroatoms. The van der Waals surface area contributed by atoms with Gasteiger partial charge < -0.3 is 10.3 Å². The van der Waals surface area contributed by atoms with Crippen LogP contribution in [0.2, 0.25) is 0 Å². The number of nitrogens with one attached hydrogen (secondary N) is 1. The van der Waals surface area contributed by atoms with Gasteiger partial charge in [0.05, 0.1) is 5.25 Å². The van der Waals surface area contributed by atoms with E-state index in [1.54, 1.807) is 0 Å². The summed E-state index contributed by atoms with van der Waals surface area (Å²) in [6, 6.07) is 0. The topological polar surface area (TPSA) is 107 Å². The molecule has 2 aromatic rings. The van der Waals surface area contributed by atoms with Gasteiger partial charge in [-0.15, -0.1) is 16.9 Å². The summed E-state index contributed by atoms with van der Waals surface area (Å²) in [7, 11) is 0. The van der Waals surface area contributed by atoms with Crippen LogP contribution in [-0.4, -0.2) is 42.6 Å². The summed E-state index contributed by atoms with van der Waals surface area (Å²) in [5, 5.41) is 10.6. The molecule has 3 N–H and O–H groups in total. The summed E-state index contributed by atoms with van der Waals surface area (Å²) in [5.41, 5.74) is 5.41. The number of nitrogens with two attached hydrogens (primary N) is 1. The van der Waals surface area contributed by atoms with Gasteiger partial charge in [-0.1, -0.05) is 5.16 Å². The zero-order valence-electron chi connectivity index (χ0n) is 8.79. The predicted octanol–water partition coefficient (Wildman–Crippen LogP) is 0.958. The van der Waals surface area contributed by atoms with E-state index < -0.39 is 0 Å². The molecule has 3 rings (SSSR count). The Morgan fingerprint density at radius 3 is 3.00 bits per heavy atom. The second kappa shape index (κ2) is 4.57. The third-order valence-electron chi connectivity index (χ3n) is 2.25. The van der Waals surface area contributed by atoms with Crippen LogP contribution in [0, 0.1) is 0 Å². The van der Waals surface area contributed by atoms with Crippen LogP contribution in [0.1, 0.15) is 11.1 Å². The van der Waals surface area contributed by atoms with E-state index in [1.807, 2.05) is 23.5 Å². The van der Waals surface area contributed by atoms with Gasteiger partial charge in [0.2, 0.25) is 11.8 Å². The minimum atomic E-state index is 0.169. The van der Waals surface area contributed by atoms with Crippen molar-refractivity contribution < 1.29 is 4.52 Å². The Bertz CT molecular complexity index is 506. The Balaban J connectivity index is 1.82. The largest absolute Gasteiger partial charge is 0.366 e. The standard InChI is InChI=1S/C8H10N6OS2/c9-8-11-6(12-13-8)7-10-5(14-15-7)4-3-16-1-2-17-4/h4H,1-3H2,(H3,9,11,12,13). The van der Waals surface area contributed by atoms with Crippen molar-refractivity contribution in [2.24, 2.45) is 0 Å². The van der Waals surface area contributed by atoms with Crippen molar-refractivity contribution in [2.75, 3.05) is 23.0 Å². The monoisotopic (exact) mass is 270 g/mol. The number of hydrogen-bond acceptors (Lipinski definition) is 8. The number of rotatable bonds is 2. The van der Waals surface area contributed by atoms with Crippen molar-refractivity contribution in [3.05, 3.63) is 5.82 Å². The number of anilines is 1. The van der Waals surface area contributed by atoms with Gasteiger partial charge in [0.15, 0.2) is 5.82 Å². The highest BCUT2D eigenvalue weighted by atomic mass is 32.2. The molecular weight excluding hydrogens is 260 g/mol. The van der Waals surface area contributed by atoms with E-state index >= 15 is 0 Å². The smallest absolute Gasteiger partial charge is 0.295 e. The molecule has 7 nitrogen and oxygen atoms in total. The van der Waals surface area contributed by atoms with Crippen molar-refractivity contribution in [2.45, 2.75) is 5.25 Å². The number of aromatic amines is 1. The highest BCUT2D eigenvalue weighted by Gasteiger charge is 2.23. The van der Waals surface area contributed by atoms with Crippen molar-refractivity contribution in [3.8, 4) is 11.7 Å². The van der Waals surface area contributed by atoms with Gasteiger partial charge in [-0.3, -0.25) is 5.10 Å². The first kappa shape index (κ1) is 10.9. The van der Waals surface area contributed by atoms with Crippen molar-refractivity contribution in [1.29, 1.82) is 0 Å². The lowest BCUT2D eigenvalue weighted by molar-refractivity contribution is 0.420. The molecule has 90 valence electrons. The maximum atomic E-state index is 5.41. The van der Waals surface area contributed by atoms with E-state index in [0.29, 0.717) is 22.8 Å². The van der Waals surface area contributed by atoms with E-state index in [0.717, 1.165) is 11.5 Å². The molecule has 1 aliphatic rings. The first-order chi connectivity index (χ1) is 8.33. The van der Waals surface area contributed by atoms with Gasteiger partial charge in [-0.05, 0) is 0 Å². The van der Waals surface area contributed by atoms with Crippen molar-refractivity contribution in [3.63, 3.8) is 0 Å². The molecule has 1 aliphatic heterocycles. The Labute approximate surface area is 105 Å². The average molecular weight is 270 g/mol. The average Bonchev–Trinajstić information content (AvgIpc) is 2.98. The van der Waals surface area contributed by atoms with Crippen LogP contribution in [0.4, 0.5) is 5.95 Å². The lowest BCUT2D eigenvalue weighted by atomic mass is 10.4. The highest BCUT2D eigenvalue weighted by Crippen LogP contribution is 2.35. The Morgan fingerprint density at radius 1 is 1.35 bits per heavy atom. The van der Waals surface area contributed by atoms with Crippen LogP contribution in [-0.2, 0) is 0 Å². The summed E-state index contributed by atoms with van der Waals surface area (Å²) >= 11 is 3.76. The molecule has 0 saturated carbocycles. The number of hydrogen-bond donors (Lipinski definition) is 2. The highest BCUT2D eigenvalue weighted by molar-refractivity contribution is 8.06. The van der Waals surface area contributed by atoms with Gasteiger partial charge in [0.25, 0.3) is 5.89 Å². The molecule has 0 bridgehead atoms. The van der Waals surface area contributed by atoms with Gasteiger partial charge in [-0.2, -0.15) is 21.7 Å². The van der Waals surface area contributed by atoms with Crippen LogP contribution >= 0.6 is 23.5 Å². The summed E-state index contributed by atoms with van der Waals surface area (Å²) in [5.74, 6) is 4.95. The van der Waals surface area contributed by atoms with E-state index in [-0.39, 0.29) is 5.95 Å². The lowest BCUT2D eigenvalue weighted by Crippen LogP contribution is -2.07. The third-order valence-corrected chi connectivity index (χ3v) is 5.00. The van der Waals surface area contributed by atoms with Crippen LogP contribution in [0.15, 0.2) is 4.52 Å². The maximum Gasteiger partial charge on any atom is 0.295 e. The molecule has 0 aliphatic carbocycles. The minimum absolute atomic E-state index is 0.169. The summed E-state index contributed by atoms with van der Waals surface area (Å²) in [6.07, 6.45) is 0. The summed E-state index contributed by atoms with van der Waals surface area (Å²) in [6.45, 7) is 0. The Morgan fingerprint density at radius 2 is 2.29 bits per heavy atom. The summed E-state index contributed by atoms with van der Waals surface area (Å²) in [4.78, 5) is 8.26. The van der Waals surface area contributed by atoms with Crippen LogP contribution in [0.3, 0.4) is 0 Å². The molecule has 0 aromatic carbocycles. The zero-order valence-corrected chi connectivity index (χ0v) is 10.4.